The molecule has 2 heterocycles. The van der Waals surface area contributed by atoms with Crippen LogP contribution >= 0.6 is 0 Å². The van der Waals surface area contributed by atoms with E-state index in [1.54, 1.807) is 25.1 Å². The number of hydrogen-bond donors (Lipinski definition) is 0. The fourth-order valence-electron chi connectivity index (χ4n) is 4.47. The minimum atomic E-state index is -0.481. The second kappa shape index (κ2) is 8.45. The lowest BCUT2D eigenvalue weighted by Gasteiger charge is -2.41. The van der Waals surface area contributed by atoms with Gasteiger partial charge in [-0.3, -0.25) is 14.4 Å². The number of anilines is 3. The molecule has 0 amide bonds. The zero-order valence-corrected chi connectivity index (χ0v) is 17.1. The van der Waals surface area contributed by atoms with Crippen LogP contribution in [-0.4, -0.2) is 51.8 Å². The van der Waals surface area contributed by atoms with Crippen molar-refractivity contribution in [3.63, 3.8) is 0 Å². The van der Waals surface area contributed by atoms with Gasteiger partial charge in [-0.15, -0.1) is 0 Å². The van der Waals surface area contributed by atoms with E-state index in [-0.39, 0.29) is 17.7 Å². The first-order valence-electron chi connectivity index (χ1n) is 10.5. The molecule has 4 rings (SSSR count). The Morgan fingerprint density at radius 1 is 1.00 bits per heavy atom. The Hall–Kier alpha value is -2.90. The molecule has 0 unspecified atom stereocenters. The Morgan fingerprint density at radius 2 is 1.63 bits per heavy atom. The van der Waals surface area contributed by atoms with Crippen LogP contribution in [0.5, 0.6) is 0 Å². The maximum absolute atomic E-state index is 14.1. The first-order valence-corrected chi connectivity index (χ1v) is 10.5. The first-order chi connectivity index (χ1) is 14.5. The van der Waals surface area contributed by atoms with Gasteiger partial charge < -0.3 is 19.4 Å². The van der Waals surface area contributed by atoms with Gasteiger partial charge in [-0.05, 0) is 31.9 Å². The van der Waals surface area contributed by atoms with Gasteiger partial charge in [-0.25, -0.2) is 4.39 Å². The maximum atomic E-state index is 14.1. The zero-order chi connectivity index (χ0) is 21.3. The molecule has 0 aromatic heterocycles. The van der Waals surface area contributed by atoms with Crippen LogP contribution in [0.4, 0.5) is 21.5 Å². The van der Waals surface area contributed by atoms with Crippen LogP contribution < -0.4 is 25.6 Å². The number of esters is 1. The Balaban J connectivity index is 1.48. The molecule has 160 valence electrons. The zero-order valence-electron chi connectivity index (χ0n) is 17.1. The summed E-state index contributed by atoms with van der Waals surface area (Å²) in [7, 11) is 0. The summed E-state index contributed by atoms with van der Waals surface area (Å²) in [6, 6.07) is 6.65. The fraction of sp³-hybridized carbons (Fsp3) is 0.500. The summed E-state index contributed by atoms with van der Waals surface area (Å²) in [5.74, 6) is -0.797. The van der Waals surface area contributed by atoms with Crippen molar-refractivity contribution in [2.75, 3.05) is 60.6 Å². The van der Waals surface area contributed by atoms with Crippen molar-refractivity contribution >= 4 is 23.0 Å². The van der Waals surface area contributed by atoms with E-state index in [9.17, 15) is 18.8 Å². The van der Waals surface area contributed by atoms with Gasteiger partial charge in [-0.2, -0.15) is 0 Å². The Kier molecular flexibility index (Phi) is 5.74. The van der Waals surface area contributed by atoms with E-state index < -0.39 is 10.9 Å². The molecule has 0 N–H and O–H groups in total. The summed E-state index contributed by atoms with van der Waals surface area (Å²) >= 11 is 0. The van der Waals surface area contributed by atoms with Crippen molar-refractivity contribution in [3.8, 4) is 0 Å². The van der Waals surface area contributed by atoms with E-state index in [4.69, 9.17) is 4.74 Å². The van der Waals surface area contributed by atoms with Gasteiger partial charge in [0.05, 0.1) is 18.2 Å². The third-order valence-electron chi connectivity index (χ3n) is 6.01. The van der Waals surface area contributed by atoms with Gasteiger partial charge in [0.1, 0.15) is 17.2 Å². The average Bonchev–Trinajstić information content (AvgIpc) is 2.77. The molecule has 2 saturated heterocycles. The number of benzene rings is 1. The topological polar surface area (TPSA) is 70.2 Å². The lowest BCUT2D eigenvalue weighted by molar-refractivity contribution is -0.148. The molecule has 0 bridgehead atoms. The van der Waals surface area contributed by atoms with E-state index in [0.717, 1.165) is 12.8 Å². The molecule has 2 aliphatic heterocycles. The number of hydrogen-bond acceptors (Lipinski definition) is 7. The summed E-state index contributed by atoms with van der Waals surface area (Å²) in [5, 5.41) is 0. The predicted octanol–water partition coefficient (Wildman–Crippen LogP) is 1.53. The Labute approximate surface area is 174 Å². The summed E-state index contributed by atoms with van der Waals surface area (Å²) in [6.07, 6.45) is 1.49. The number of piperidine rings is 1. The molecule has 8 heteroatoms. The van der Waals surface area contributed by atoms with Gasteiger partial charge in [0, 0.05) is 39.3 Å². The number of carbonyl (C=O) groups excluding carboxylic acids is 1. The monoisotopic (exact) mass is 415 g/mol. The summed E-state index contributed by atoms with van der Waals surface area (Å²) in [5.41, 5.74) is 0.468. The average molecular weight is 415 g/mol. The molecule has 0 radical (unpaired) electrons. The van der Waals surface area contributed by atoms with Crippen molar-refractivity contribution < 1.29 is 13.9 Å². The highest BCUT2D eigenvalue weighted by Crippen LogP contribution is 2.30. The first kappa shape index (κ1) is 20.4. The molecule has 2 aromatic rings. The predicted molar refractivity (Wildman–Crippen MR) is 114 cm³/mol. The van der Waals surface area contributed by atoms with Crippen LogP contribution in [0, 0.1) is 11.7 Å². The number of rotatable bonds is 5. The third kappa shape index (κ3) is 3.66. The minimum absolute atomic E-state index is 0.249. The van der Waals surface area contributed by atoms with Crippen molar-refractivity contribution in [3.05, 3.63) is 50.5 Å². The van der Waals surface area contributed by atoms with Crippen molar-refractivity contribution in [1.29, 1.82) is 0 Å². The van der Waals surface area contributed by atoms with Crippen molar-refractivity contribution in [1.82, 2.24) is 0 Å². The highest BCUT2D eigenvalue weighted by atomic mass is 19.1. The largest absolute Gasteiger partial charge is 0.466 e. The SMILES string of the molecule is CCOC(=O)[C@@H]1CCCN(c2c(N3CCN(c4ccccc4F)CC3)c(=O)c2=O)C1. The van der Waals surface area contributed by atoms with Crippen LogP contribution in [0.1, 0.15) is 19.8 Å². The number of nitrogens with zero attached hydrogens (tertiary/aromatic N) is 3. The highest BCUT2D eigenvalue weighted by Gasteiger charge is 2.35. The number of halogens is 1. The number of carbonyl (C=O) groups is 1. The molecule has 1 atom stereocenters. The maximum Gasteiger partial charge on any atom is 0.310 e. The van der Waals surface area contributed by atoms with Crippen LogP contribution in [0.25, 0.3) is 0 Å². The van der Waals surface area contributed by atoms with Crippen LogP contribution in [0.2, 0.25) is 0 Å². The minimum Gasteiger partial charge on any atom is -0.466 e. The number of para-hydroxylation sites is 1. The van der Waals surface area contributed by atoms with E-state index >= 15 is 0 Å². The van der Waals surface area contributed by atoms with Gasteiger partial charge in [0.15, 0.2) is 0 Å². The fourth-order valence-corrected chi connectivity index (χ4v) is 4.47. The second-order valence-electron chi connectivity index (χ2n) is 7.82. The molecular weight excluding hydrogens is 389 g/mol. The van der Waals surface area contributed by atoms with E-state index in [1.165, 1.54) is 6.07 Å². The molecule has 7 nitrogen and oxygen atoms in total. The lowest BCUT2D eigenvalue weighted by Crippen LogP contribution is -2.54. The van der Waals surface area contributed by atoms with E-state index in [2.05, 4.69) is 0 Å². The molecule has 0 spiro atoms. The Morgan fingerprint density at radius 3 is 2.30 bits per heavy atom. The van der Waals surface area contributed by atoms with Crippen LogP contribution in [-0.2, 0) is 9.53 Å². The quantitative estimate of drug-likeness (QED) is 0.542. The van der Waals surface area contributed by atoms with Gasteiger partial charge in [-0.1, -0.05) is 12.1 Å². The van der Waals surface area contributed by atoms with Crippen molar-refractivity contribution in [2.45, 2.75) is 19.8 Å². The van der Waals surface area contributed by atoms with Gasteiger partial charge in [0.2, 0.25) is 0 Å². The number of ether oxygens (including phenoxy) is 1. The van der Waals surface area contributed by atoms with Gasteiger partial charge in [0.25, 0.3) is 10.9 Å². The molecule has 2 aromatic carbocycles. The second-order valence-corrected chi connectivity index (χ2v) is 7.82. The molecule has 2 fully saturated rings. The third-order valence-corrected chi connectivity index (χ3v) is 6.01. The van der Waals surface area contributed by atoms with Crippen molar-refractivity contribution in [2.24, 2.45) is 5.92 Å². The molecule has 30 heavy (non-hydrogen) atoms. The summed E-state index contributed by atoms with van der Waals surface area (Å²) in [4.78, 5) is 42.7. The van der Waals surface area contributed by atoms with Gasteiger partial charge >= 0.3 is 5.97 Å². The summed E-state index contributed by atoms with van der Waals surface area (Å²) in [6.45, 7) is 5.31. The van der Waals surface area contributed by atoms with E-state index in [1.807, 2.05) is 14.7 Å². The molecule has 2 aliphatic rings. The molecular formula is C22H26FN3O4. The molecule has 0 saturated carbocycles. The highest BCUT2D eigenvalue weighted by molar-refractivity contribution is 5.79. The smallest absolute Gasteiger partial charge is 0.310 e. The number of piperazine rings is 1. The molecule has 0 aliphatic carbocycles. The standard InChI is InChI=1S/C22H26FN3O4/c1-2-30-22(29)15-6-5-9-26(14-15)19-18(20(27)21(19)28)25-12-10-24(11-13-25)17-8-4-3-7-16(17)23/h3-4,7-8,15H,2,5-6,9-14H2,1H3/t15-/m1/s1. The normalized spacial score (nSPS) is 19.9. The lowest BCUT2D eigenvalue weighted by atomic mass is 9.96. The Bertz CT molecular complexity index is 993. The van der Waals surface area contributed by atoms with Crippen LogP contribution in [0.3, 0.4) is 0 Å². The van der Waals surface area contributed by atoms with Crippen LogP contribution in [0.15, 0.2) is 33.9 Å². The van der Waals surface area contributed by atoms with E-state index in [0.29, 0.717) is 62.9 Å². The summed E-state index contributed by atoms with van der Waals surface area (Å²) < 4.78 is 19.2.